The van der Waals surface area contributed by atoms with Crippen LogP contribution in [0.3, 0.4) is 0 Å². The summed E-state index contributed by atoms with van der Waals surface area (Å²) in [6.45, 7) is -0.375. The zero-order valence-corrected chi connectivity index (χ0v) is 21.9. The van der Waals surface area contributed by atoms with E-state index >= 15 is 0 Å². The van der Waals surface area contributed by atoms with Gasteiger partial charge >= 0.3 is 18.2 Å². The molecule has 0 aliphatic carbocycles. The number of benzene rings is 1. The largest absolute Gasteiger partial charge is 0.522 e. The Labute approximate surface area is 232 Å². The highest BCUT2D eigenvalue weighted by Gasteiger charge is 2.51. The number of hydrogen-bond acceptors (Lipinski definition) is 7. The van der Waals surface area contributed by atoms with Crippen molar-refractivity contribution in [2.24, 2.45) is 11.3 Å². The second-order valence-corrected chi connectivity index (χ2v) is 10.5. The van der Waals surface area contributed by atoms with Crippen LogP contribution in [-0.2, 0) is 33.4 Å². The lowest BCUT2D eigenvalue weighted by Crippen LogP contribution is -2.53. The molecule has 4 rings (SSSR count). The van der Waals surface area contributed by atoms with E-state index in [2.05, 4.69) is 20.7 Å². The molecule has 3 aliphatic rings. The monoisotopic (exact) mass is 586 g/mol. The zero-order chi connectivity index (χ0) is 29.8. The van der Waals surface area contributed by atoms with Gasteiger partial charge in [0, 0.05) is 32.2 Å². The molecule has 2 unspecified atom stereocenters. The van der Waals surface area contributed by atoms with Gasteiger partial charge in [-0.25, -0.2) is 4.39 Å². The second-order valence-electron chi connectivity index (χ2n) is 10.5. The molecule has 0 radical (unpaired) electrons. The van der Waals surface area contributed by atoms with Crippen molar-refractivity contribution >= 4 is 35.1 Å². The van der Waals surface area contributed by atoms with E-state index in [9.17, 15) is 41.5 Å². The van der Waals surface area contributed by atoms with Gasteiger partial charge in [0.15, 0.2) is 5.78 Å². The molecule has 224 valence electrons. The molecule has 0 aromatic heterocycles. The van der Waals surface area contributed by atoms with Crippen LogP contribution in [0.15, 0.2) is 24.3 Å². The summed E-state index contributed by atoms with van der Waals surface area (Å²) in [7, 11) is 0. The van der Waals surface area contributed by atoms with Crippen LogP contribution in [0, 0.1) is 17.2 Å². The number of nitrogens with zero attached hydrogens (tertiary/aromatic N) is 1. The van der Waals surface area contributed by atoms with Gasteiger partial charge in [-0.15, -0.1) is 13.2 Å². The molecule has 3 fully saturated rings. The third-order valence-electron chi connectivity index (χ3n) is 7.71. The number of alkyl halides is 3. The number of amides is 4. The number of carbonyl (C=O) groups excluding carboxylic acids is 5. The van der Waals surface area contributed by atoms with E-state index in [0.717, 1.165) is 11.0 Å². The fourth-order valence-corrected chi connectivity index (χ4v) is 5.49. The maximum Gasteiger partial charge on any atom is 0.522 e. The third-order valence-corrected chi connectivity index (χ3v) is 7.71. The molecule has 11 nitrogen and oxygen atoms in total. The number of Topliss-reactive ketones (excluding diaryl/α,β-unsaturated/α-hetero) is 1. The van der Waals surface area contributed by atoms with Crippen molar-refractivity contribution in [3.8, 4) is 0 Å². The first-order chi connectivity index (χ1) is 19.4. The van der Waals surface area contributed by atoms with Gasteiger partial charge in [-0.3, -0.25) is 28.7 Å². The maximum absolute atomic E-state index is 14.1. The molecule has 1 aromatic rings. The average Bonchev–Trinajstić information content (AvgIpc) is 3.50. The van der Waals surface area contributed by atoms with E-state index in [1.54, 1.807) is 0 Å². The quantitative estimate of drug-likeness (QED) is 0.308. The van der Waals surface area contributed by atoms with Crippen molar-refractivity contribution in [2.75, 3.05) is 38.2 Å². The first-order valence-electron chi connectivity index (χ1n) is 13.1. The van der Waals surface area contributed by atoms with Gasteiger partial charge in [0.1, 0.15) is 18.5 Å². The van der Waals surface area contributed by atoms with E-state index in [-0.39, 0.29) is 25.1 Å². The number of rotatable bonds is 8. The first-order valence-corrected chi connectivity index (χ1v) is 13.1. The van der Waals surface area contributed by atoms with Crippen molar-refractivity contribution < 1.29 is 51.0 Å². The summed E-state index contributed by atoms with van der Waals surface area (Å²) in [5.74, 6) is -6.19. The van der Waals surface area contributed by atoms with Gasteiger partial charge in [0.2, 0.25) is 11.8 Å². The summed E-state index contributed by atoms with van der Waals surface area (Å²) in [6, 6.07) is 2.42. The summed E-state index contributed by atoms with van der Waals surface area (Å²) in [5.41, 5.74) is -0.824. The molecular formula is C26H30F4N4O7. The van der Waals surface area contributed by atoms with Crippen LogP contribution < -0.4 is 16.0 Å². The van der Waals surface area contributed by atoms with Crippen molar-refractivity contribution in [3.05, 3.63) is 30.1 Å². The Hall–Kier alpha value is -3.59. The SMILES string of the molecule is O=C(Nc1ccccc1F)C(=O)N1CC2(CCOCC2)CC1C(=O)NC(C[C@@H]1CCNC1=O)C(=O)COC(F)(F)F. The molecule has 3 heterocycles. The maximum atomic E-state index is 14.1. The number of ether oxygens (including phenoxy) is 2. The van der Waals surface area contributed by atoms with Crippen LogP contribution >= 0.6 is 0 Å². The predicted molar refractivity (Wildman–Crippen MR) is 132 cm³/mol. The van der Waals surface area contributed by atoms with Crippen LogP contribution in [0.2, 0.25) is 0 Å². The van der Waals surface area contributed by atoms with Gasteiger partial charge in [-0.05, 0) is 49.7 Å². The van der Waals surface area contributed by atoms with Gasteiger partial charge in [-0.1, -0.05) is 12.1 Å². The third kappa shape index (κ3) is 7.58. The van der Waals surface area contributed by atoms with Crippen molar-refractivity contribution in [1.29, 1.82) is 0 Å². The van der Waals surface area contributed by atoms with E-state index in [1.165, 1.54) is 18.2 Å². The topological polar surface area (TPSA) is 143 Å². The molecule has 41 heavy (non-hydrogen) atoms. The fourth-order valence-electron chi connectivity index (χ4n) is 5.49. The van der Waals surface area contributed by atoms with Crippen molar-refractivity contribution in [1.82, 2.24) is 15.5 Å². The molecule has 0 bridgehead atoms. The molecule has 3 aliphatic heterocycles. The summed E-state index contributed by atoms with van der Waals surface area (Å²) < 4.78 is 61.0. The number of halogens is 4. The Balaban J connectivity index is 1.54. The molecule has 0 saturated carbocycles. The number of ketones is 1. The Morgan fingerprint density at radius 1 is 1.17 bits per heavy atom. The lowest BCUT2D eigenvalue weighted by Gasteiger charge is -2.32. The minimum absolute atomic E-state index is 0.00119. The minimum atomic E-state index is -5.09. The lowest BCUT2D eigenvalue weighted by molar-refractivity contribution is -0.321. The number of carbonyl (C=O) groups is 5. The van der Waals surface area contributed by atoms with E-state index in [1.807, 2.05) is 0 Å². The highest BCUT2D eigenvalue weighted by molar-refractivity contribution is 6.40. The van der Waals surface area contributed by atoms with Gasteiger partial charge < -0.3 is 25.6 Å². The van der Waals surface area contributed by atoms with Crippen LogP contribution in [0.4, 0.5) is 23.2 Å². The molecule has 3 atom stereocenters. The number of hydrogen-bond donors (Lipinski definition) is 3. The van der Waals surface area contributed by atoms with E-state index in [0.29, 0.717) is 39.0 Å². The predicted octanol–water partition coefficient (Wildman–Crippen LogP) is 1.28. The molecule has 3 saturated heterocycles. The second kappa shape index (κ2) is 12.5. The fraction of sp³-hybridized carbons (Fsp3) is 0.577. The zero-order valence-electron chi connectivity index (χ0n) is 21.9. The minimum Gasteiger partial charge on any atom is -0.381 e. The normalized spacial score (nSPS) is 22.7. The van der Waals surface area contributed by atoms with E-state index in [4.69, 9.17) is 4.74 Å². The van der Waals surface area contributed by atoms with Gasteiger partial charge in [0.25, 0.3) is 0 Å². The van der Waals surface area contributed by atoms with E-state index < -0.39 is 71.6 Å². The molecule has 1 aromatic carbocycles. The summed E-state index contributed by atoms with van der Waals surface area (Å²) in [5, 5.41) is 7.18. The van der Waals surface area contributed by atoms with Crippen LogP contribution in [-0.4, -0.2) is 85.7 Å². The van der Waals surface area contributed by atoms with Crippen molar-refractivity contribution in [2.45, 2.75) is 50.6 Å². The Morgan fingerprint density at radius 2 is 1.88 bits per heavy atom. The number of anilines is 1. The number of para-hydroxylation sites is 1. The Kier molecular flexibility index (Phi) is 9.27. The van der Waals surface area contributed by atoms with Crippen molar-refractivity contribution in [3.63, 3.8) is 0 Å². The number of likely N-dealkylation sites (tertiary alicyclic amines) is 1. The smallest absolute Gasteiger partial charge is 0.381 e. The molecule has 3 N–H and O–H groups in total. The van der Waals surface area contributed by atoms with Crippen LogP contribution in [0.1, 0.15) is 32.1 Å². The standard InChI is InChI=1S/C26H30F4N4O7/c27-16-3-1-2-4-17(16)32-23(38)24(39)34-14-25(6-9-40-10-7-25)12-19(34)22(37)33-18(11-15-5-8-31-21(15)36)20(35)13-41-26(28,29)30/h1-4,15,18-19H,5-14H2,(H,31,36)(H,32,38)(H,33,37)/t15-,18?,19?/m0/s1. The summed E-state index contributed by atoms with van der Waals surface area (Å²) in [6.07, 6.45) is -4.01. The highest BCUT2D eigenvalue weighted by Crippen LogP contribution is 2.43. The Morgan fingerprint density at radius 3 is 2.51 bits per heavy atom. The van der Waals surface area contributed by atoms with Gasteiger partial charge in [0.05, 0.1) is 11.7 Å². The molecule has 1 spiro atoms. The first kappa shape index (κ1) is 30.4. The number of nitrogens with one attached hydrogen (secondary N) is 3. The molecule has 15 heteroatoms. The summed E-state index contributed by atoms with van der Waals surface area (Å²) in [4.78, 5) is 65.5. The molecular weight excluding hydrogens is 556 g/mol. The lowest BCUT2D eigenvalue weighted by atomic mass is 9.78. The Bertz CT molecular complexity index is 1190. The molecule has 4 amide bonds. The summed E-state index contributed by atoms with van der Waals surface area (Å²) >= 11 is 0. The van der Waals surface area contributed by atoms with Crippen LogP contribution in [0.5, 0.6) is 0 Å². The van der Waals surface area contributed by atoms with Gasteiger partial charge in [-0.2, -0.15) is 0 Å². The average molecular weight is 587 g/mol. The highest BCUT2D eigenvalue weighted by atomic mass is 19.4. The van der Waals surface area contributed by atoms with Crippen LogP contribution in [0.25, 0.3) is 0 Å².